The van der Waals surface area contributed by atoms with Gasteiger partial charge in [0.25, 0.3) is 0 Å². The Kier molecular flexibility index (Phi) is 5.14. The maximum absolute atomic E-state index is 4.52. The van der Waals surface area contributed by atoms with Crippen LogP contribution in [0.4, 0.5) is 5.95 Å². The molecule has 1 atom stereocenters. The van der Waals surface area contributed by atoms with Crippen LogP contribution in [0.25, 0.3) is 0 Å². The molecule has 1 aromatic rings. The van der Waals surface area contributed by atoms with Crippen molar-refractivity contribution in [3.05, 3.63) is 18.0 Å². The molecule has 1 unspecified atom stereocenters. The van der Waals surface area contributed by atoms with Crippen molar-refractivity contribution in [2.75, 3.05) is 24.5 Å². The second-order valence-electron chi connectivity index (χ2n) is 5.57. The lowest BCUT2D eigenvalue weighted by Crippen LogP contribution is -2.42. The number of hydrogen-bond donors (Lipinski definition) is 1. The normalized spacial score (nSPS) is 18.6. The molecule has 19 heavy (non-hydrogen) atoms. The molecule has 2 rings (SSSR count). The summed E-state index contributed by atoms with van der Waals surface area (Å²) in [6.07, 6.45) is 5.53. The molecule has 0 radical (unpaired) electrons. The maximum Gasteiger partial charge on any atom is 0.225 e. The number of piperidine rings is 1. The molecule has 4 heteroatoms. The predicted molar refractivity (Wildman–Crippen MR) is 79.5 cm³/mol. The van der Waals surface area contributed by atoms with E-state index < -0.39 is 0 Å². The Labute approximate surface area is 116 Å². The van der Waals surface area contributed by atoms with Crippen LogP contribution in [0, 0.1) is 12.8 Å². The van der Waals surface area contributed by atoms with Crippen molar-refractivity contribution in [2.45, 2.75) is 46.1 Å². The standard InChI is InChI=1S/C15H26N4/c1-4-8-16-13(3)14-6-10-19(11-7-14)15-17-9-5-12(2)18-15/h5,9,13-14,16H,4,6-8,10-11H2,1-3H3. The minimum Gasteiger partial charge on any atom is -0.341 e. The van der Waals surface area contributed by atoms with Crippen molar-refractivity contribution in [3.8, 4) is 0 Å². The van der Waals surface area contributed by atoms with Gasteiger partial charge in [0, 0.05) is 31.0 Å². The van der Waals surface area contributed by atoms with E-state index in [-0.39, 0.29) is 0 Å². The number of nitrogens with zero attached hydrogens (tertiary/aromatic N) is 3. The molecular formula is C15H26N4. The van der Waals surface area contributed by atoms with Crippen molar-refractivity contribution in [3.63, 3.8) is 0 Å². The van der Waals surface area contributed by atoms with Crippen molar-refractivity contribution in [1.82, 2.24) is 15.3 Å². The van der Waals surface area contributed by atoms with Gasteiger partial charge in [-0.15, -0.1) is 0 Å². The van der Waals surface area contributed by atoms with Crippen LogP contribution in [-0.4, -0.2) is 35.6 Å². The number of rotatable bonds is 5. The number of hydrogen-bond acceptors (Lipinski definition) is 4. The summed E-state index contributed by atoms with van der Waals surface area (Å²) in [5.41, 5.74) is 1.05. The van der Waals surface area contributed by atoms with Gasteiger partial charge in [-0.3, -0.25) is 0 Å². The van der Waals surface area contributed by atoms with Gasteiger partial charge in [0.15, 0.2) is 0 Å². The molecule has 1 N–H and O–H groups in total. The Balaban J connectivity index is 1.85. The lowest BCUT2D eigenvalue weighted by Gasteiger charge is -2.35. The fourth-order valence-corrected chi connectivity index (χ4v) is 2.73. The monoisotopic (exact) mass is 262 g/mol. The van der Waals surface area contributed by atoms with Gasteiger partial charge in [0.05, 0.1) is 0 Å². The van der Waals surface area contributed by atoms with Crippen LogP contribution in [0.3, 0.4) is 0 Å². The van der Waals surface area contributed by atoms with E-state index in [4.69, 9.17) is 0 Å². The highest BCUT2D eigenvalue weighted by Gasteiger charge is 2.24. The summed E-state index contributed by atoms with van der Waals surface area (Å²) in [5, 5.41) is 3.62. The first-order valence-corrected chi connectivity index (χ1v) is 7.48. The number of aromatic nitrogens is 2. The van der Waals surface area contributed by atoms with Gasteiger partial charge >= 0.3 is 0 Å². The summed E-state index contributed by atoms with van der Waals surface area (Å²) in [7, 11) is 0. The first-order chi connectivity index (χ1) is 9.20. The average Bonchev–Trinajstić information content (AvgIpc) is 2.45. The van der Waals surface area contributed by atoms with E-state index in [0.29, 0.717) is 6.04 Å². The van der Waals surface area contributed by atoms with Crippen LogP contribution in [0.15, 0.2) is 12.3 Å². The molecule has 2 heterocycles. The van der Waals surface area contributed by atoms with Crippen molar-refractivity contribution >= 4 is 5.95 Å². The molecule has 106 valence electrons. The van der Waals surface area contributed by atoms with E-state index >= 15 is 0 Å². The maximum atomic E-state index is 4.52. The minimum atomic E-state index is 0.625. The van der Waals surface area contributed by atoms with E-state index in [9.17, 15) is 0 Å². The third-order valence-electron chi connectivity index (χ3n) is 4.03. The largest absolute Gasteiger partial charge is 0.341 e. The average molecular weight is 262 g/mol. The van der Waals surface area contributed by atoms with Crippen LogP contribution >= 0.6 is 0 Å². The highest BCUT2D eigenvalue weighted by Crippen LogP contribution is 2.23. The quantitative estimate of drug-likeness (QED) is 0.884. The third-order valence-corrected chi connectivity index (χ3v) is 4.03. The zero-order valence-electron chi connectivity index (χ0n) is 12.4. The third kappa shape index (κ3) is 3.90. The molecule has 0 bridgehead atoms. The molecule has 1 saturated heterocycles. The second-order valence-corrected chi connectivity index (χ2v) is 5.57. The number of aryl methyl sites for hydroxylation is 1. The predicted octanol–water partition coefficient (Wildman–Crippen LogP) is 2.39. The summed E-state index contributed by atoms with van der Waals surface area (Å²) >= 11 is 0. The molecule has 1 aromatic heterocycles. The first-order valence-electron chi connectivity index (χ1n) is 7.48. The smallest absolute Gasteiger partial charge is 0.225 e. The summed E-state index contributed by atoms with van der Waals surface area (Å²) < 4.78 is 0. The van der Waals surface area contributed by atoms with Crippen LogP contribution < -0.4 is 10.2 Å². The zero-order chi connectivity index (χ0) is 13.7. The first kappa shape index (κ1) is 14.3. The van der Waals surface area contributed by atoms with Gasteiger partial charge in [0.1, 0.15) is 0 Å². The van der Waals surface area contributed by atoms with Gasteiger partial charge in [0.2, 0.25) is 5.95 Å². The molecule has 1 aliphatic rings. The van der Waals surface area contributed by atoms with Crippen LogP contribution in [0.2, 0.25) is 0 Å². The molecular weight excluding hydrogens is 236 g/mol. The van der Waals surface area contributed by atoms with Crippen molar-refractivity contribution < 1.29 is 0 Å². The summed E-state index contributed by atoms with van der Waals surface area (Å²) in [6, 6.07) is 2.58. The Hall–Kier alpha value is -1.16. The van der Waals surface area contributed by atoms with Crippen molar-refractivity contribution in [1.29, 1.82) is 0 Å². The molecule has 0 aromatic carbocycles. The Bertz CT molecular complexity index is 385. The zero-order valence-corrected chi connectivity index (χ0v) is 12.4. The van der Waals surface area contributed by atoms with Gasteiger partial charge in [-0.25, -0.2) is 9.97 Å². The molecule has 0 saturated carbocycles. The second kappa shape index (κ2) is 6.85. The lowest BCUT2D eigenvalue weighted by atomic mass is 9.90. The van der Waals surface area contributed by atoms with Crippen LogP contribution in [0.5, 0.6) is 0 Å². The fourth-order valence-electron chi connectivity index (χ4n) is 2.73. The van der Waals surface area contributed by atoms with Gasteiger partial charge in [-0.05, 0) is 51.6 Å². The highest BCUT2D eigenvalue weighted by atomic mass is 15.2. The lowest BCUT2D eigenvalue weighted by molar-refractivity contribution is 0.310. The summed E-state index contributed by atoms with van der Waals surface area (Å²) in [6.45, 7) is 9.84. The fraction of sp³-hybridized carbons (Fsp3) is 0.733. The molecule has 0 aliphatic carbocycles. The molecule has 4 nitrogen and oxygen atoms in total. The molecule has 1 fully saturated rings. The van der Waals surface area contributed by atoms with Crippen molar-refractivity contribution in [2.24, 2.45) is 5.92 Å². The van der Waals surface area contributed by atoms with E-state index in [1.807, 2.05) is 19.2 Å². The Morgan fingerprint density at radius 2 is 2.16 bits per heavy atom. The minimum absolute atomic E-state index is 0.625. The van der Waals surface area contributed by atoms with E-state index in [0.717, 1.165) is 37.2 Å². The van der Waals surface area contributed by atoms with E-state index in [1.54, 1.807) is 0 Å². The number of nitrogens with one attached hydrogen (secondary N) is 1. The summed E-state index contributed by atoms with van der Waals surface area (Å²) in [4.78, 5) is 11.2. The van der Waals surface area contributed by atoms with Crippen LogP contribution in [-0.2, 0) is 0 Å². The summed E-state index contributed by atoms with van der Waals surface area (Å²) in [5.74, 6) is 1.68. The topological polar surface area (TPSA) is 41.0 Å². The molecule has 0 spiro atoms. The van der Waals surface area contributed by atoms with Gasteiger partial charge in [-0.2, -0.15) is 0 Å². The van der Waals surface area contributed by atoms with E-state index in [1.165, 1.54) is 19.3 Å². The Morgan fingerprint density at radius 3 is 2.79 bits per heavy atom. The van der Waals surface area contributed by atoms with Gasteiger partial charge in [-0.1, -0.05) is 6.92 Å². The number of anilines is 1. The molecule has 0 amide bonds. The highest BCUT2D eigenvalue weighted by molar-refractivity contribution is 5.30. The van der Waals surface area contributed by atoms with Crippen LogP contribution in [0.1, 0.15) is 38.8 Å². The SMILES string of the molecule is CCCNC(C)C1CCN(c2nccc(C)n2)CC1. The Morgan fingerprint density at radius 1 is 1.42 bits per heavy atom. The molecule has 1 aliphatic heterocycles. The van der Waals surface area contributed by atoms with E-state index in [2.05, 4.69) is 34.0 Å². The van der Waals surface area contributed by atoms with Gasteiger partial charge < -0.3 is 10.2 Å².